The third-order valence-corrected chi connectivity index (χ3v) is 3.63. The molecule has 1 atom stereocenters. The first-order valence-electron chi connectivity index (χ1n) is 7.27. The number of anilines is 1. The molecule has 0 radical (unpaired) electrons. The first kappa shape index (κ1) is 18.7. The zero-order chi connectivity index (χ0) is 18.4. The number of aliphatic hydroxyl groups is 1. The quantitative estimate of drug-likeness (QED) is 0.708. The fourth-order valence-corrected chi connectivity index (χ4v) is 2.32. The van der Waals surface area contributed by atoms with Crippen LogP contribution in [-0.2, 0) is 9.59 Å². The number of halogens is 2. The molecule has 0 fully saturated rings. The molecule has 132 valence electrons. The molecular weight excluding hydrogens is 351 g/mol. The van der Waals surface area contributed by atoms with Crippen molar-refractivity contribution >= 4 is 29.1 Å². The maximum Gasteiger partial charge on any atom is 0.313 e. The van der Waals surface area contributed by atoms with Gasteiger partial charge in [0, 0.05) is 6.54 Å². The summed E-state index contributed by atoms with van der Waals surface area (Å²) < 4.78 is 17.9. The second-order valence-corrected chi connectivity index (χ2v) is 5.46. The number of nitrogens with one attached hydrogen (secondary N) is 2. The van der Waals surface area contributed by atoms with Crippen molar-refractivity contribution in [3.8, 4) is 5.75 Å². The van der Waals surface area contributed by atoms with Gasteiger partial charge in [0.15, 0.2) is 5.75 Å². The number of ether oxygens (including phenoxy) is 1. The van der Waals surface area contributed by atoms with Gasteiger partial charge in [0.05, 0.1) is 23.9 Å². The molecule has 2 aromatic carbocycles. The number of aliphatic hydroxyl groups excluding tert-OH is 1. The summed E-state index contributed by atoms with van der Waals surface area (Å²) in [7, 11) is 1.38. The standard InChI is InChI=1S/C17H16ClFN2O4/c1-25-15-12(18)3-2-4-13(15)21-17(24)16(23)20-9-14(22)10-5-7-11(19)8-6-10/h2-8,14,22H,9H2,1H3,(H,20,23)(H,21,24). The van der Waals surface area contributed by atoms with Gasteiger partial charge in [0.2, 0.25) is 0 Å². The van der Waals surface area contributed by atoms with E-state index < -0.39 is 23.7 Å². The third kappa shape index (κ3) is 4.91. The molecule has 25 heavy (non-hydrogen) atoms. The van der Waals surface area contributed by atoms with E-state index in [9.17, 15) is 19.1 Å². The van der Waals surface area contributed by atoms with Gasteiger partial charge in [-0.3, -0.25) is 9.59 Å². The summed E-state index contributed by atoms with van der Waals surface area (Å²) in [6.07, 6.45) is -1.07. The summed E-state index contributed by atoms with van der Waals surface area (Å²) in [4.78, 5) is 23.8. The molecule has 6 nitrogen and oxygen atoms in total. The van der Waals surface area contributed by atoms with Gasteiger partial charge < -0.3 is 20.5 Å². The Morgan fingerprint density at radius 2 is 1.88 bits per heavy atom. The highest BCUT2D eigenvalue weighted by Gasteiger charge is 2.18. The van der Waals surface area contributed by atoms with Gasteiger partial charge in [0.1, 0.15) is 5.82 Å². The van der Waals surface area contributed by atoms with E-state index in [0.717, 1.165) is 0 Å². The molecule has 2 aromatic rings. The first-order valence-corrected chi connectivity index (χ1v) is 7.65. The van der Waals surface area contributed by atoms with Gasteiger partial charge in [-0.15, -0.1) is 0 Å². The summed E-state index contributed by atoms with van der Waals surface area (Å²) in [5.74, 6) is -2.08. The van der Waals surface area contributed by atoms with E-state index in [0.29, 0.717) is 5.56 Å². The lowest BCUT2D eigenvalue weighted by Crippen LogP contribution is -2.37. The van der Waals surface area contributed by atoms with Crippen LogP contribution in [0.4, 0.5) is 10.1 Å². The van der Waals surface area contributed by atoms with Gasteiger partial charge >= 0.3 is 11.8 Å². The van der Waals surface area contributed by atoms with Gasteiger partial charge in [-0.25, -0.2) is 4.39 Å². The highest BCUT2D eigenvalue weighted by Crippen LogP contribution is 2.32. The number of para-hydroxylation sites is 1. The van der Waals surface area contributed by atoms with E-state index in [1.165, 1.54) is 37.4 Å². The summed E-state index contributed by atoms with van der Waals surface area (Å²) in [6, 6.07) is 9.87. The minimum Gasteiger partial charge on any atom is -0.493 e. The van der Waals surface area contributed by atoms with Crippen LogP contribution in [0.25, 0.3) is 0 Å². The molecule has 0 aliphatic rings. The largest absolute Gasteiger partial charge is 0.493 e. The van der Waals surface area contributed by atoms with Crippen LogP contribution >= 0.6 is 11.6 Å². The number of hydrogen-bond donors (Lipinski definition) is 3. The predicted octanol–water partition coefficient (Wildman–Crippen LogP) is 2.28. The van der Waals surface area contributed by atoms with Crippen molar-refractivity contribution in [3.05, 3.63) is 58.9 Å². The first-order chi connectivity index (χ1) is 11.9. The Morgan fingerprint density at radius 3 is 2.52 bits per heavy atom. The van der Waals surface area contributed by atoms with Crippen molar-refractivity contribution in [1.29, 1.82) is 0 Å². The number of carbonyl (C=O) groups excluding carboxylic acids is 2. The van der Waals surface area contributed by atoms with Crippen LogP contribution in [0, 0.1) is 5.82 Å². The van der Waals surface area contributed by atoms with E-state index in [1.54, 1.807) is 12.1 Å². The molecule has 0 heterocycles. The van der Waals surface area contributed by atoms with E-state index in [2.05, 4.69) is 10.6 Å². The highest BCUT2D eigenvalue weighted by atomic mass is 35.5. The Kier molecular flexibility index (Phi) is 6.32. The van der Waals surface area contributed by atoms with Gasteiger partial charge in [0.25, 0.3) is 0 Å². The fraction of sp³-hybridized carbons (Fsp3) is 0.176. The molecule has 0 saturated carbocycles. The molecule has 0 aromatic heterocycles. The third-order valence-electron chi connectivity index (χ3n) is 3.34. The van der Waals surface area contributed by atoms with Crippen LogP contribution in [0.5, 0.6) is 5.75 Å². The summed E-state index contributed by atoms with van der Waals surface area (Å²) >= 11 is 5.94. The highest BCUT2D eigenvalue weighted by molar-refractivity contribution is 6.40. The number of rotatable bonds is 5. The average Bonchev–Trinajstić information content (AvgIpc) is 2.60. The number of methoxy groups -OCH3 is 1. The number of carbonyl (C=O) groups is 2. The normalized spacial score (nSPS) is 11.5. The lowest BCUT2D eigenvalue weighted by atomic mass is 10.1. The van der Waals surface area contributed by atoms with Crippen LogP contribution in [-0.4, -0.2) is 30.6 Å². The zero-order valence-corrected chi connectivity index (χ0v) is 14.0. The number of benzene rings is 2. The number of hydrogen-bond acceptors (Lipinski definition) is 4. The van der Waals surface area contributed by atoms with E-state index in [-0.39, 0.29) is 23.0 Å². The maximum absolute atomic E-state index is 12.8. The Bertz CT molecular complexity index is 768. The Labute approximate surface area is 148 Å². The van der Waals surface area contributed by atoms with Crippen molar-refractivity contribution in [3.63, 3.8) is 0 Å². The van der Waals surface area contributed by atoms with Gasteiger partial charge in [-0.1, -0.05) is 29.8 Å². The zero-order valence-electron chi connectivity index (χ0n) is 13.3. The van der Waals surface area contributed by atoms with Crippen molar-refractivity contribution in [2.24, 2.45) is 0 Å². The Balaban J connectivity index is 1.93. The van der Waals surface area contributed by atoms with Crippen LogP contribution in [0.15, 0.2) is 42.5 Å². The molecule has 0 spiro atoms. The van der Waals surface area contributed by atoms with Crippen molar-refractivity contribution in [1.82, 2.24) is 5.32 Å². The van der Waals surface area contributed by atoms with Crippen molar-refractivity contribution in [2.75, 3.05) is 19.0 Å². The lowest BCUT2D eigenvalue weighted by molar-refractivity contribution is -0.136. The second-order valence-electron chi connectivity index (χ2n) is 5.05. The van der Waals surface area contributed by atoms with E-state index in [1.807, 2.05) is 0 Å². The monoisotopic (exact) mass is 366 g/mol. The maximum atomic E-state index is 12.8. The number of amides is 2. The Morgan fingerprint density at radius 1 is 1.20 bits per heavy atom. The molecule has 0 saturated heterocycles. The van der Waals surface area contributed by atoms with Crippen LogP contribution in [0.1, 0.15) is 11.7 Å². The average molecular weight is 367 g/mol. The van der Waals surface area contributed by atoms with Crippen LogP contribution < -0.4 is 15.4 Å². The van der Waals surface area contributed by atoms with E-state index >= 15 is 0 Å². The second kappa shape index (κ2) is 8.46. The van der Waals surface area contributed by atoms with Crippen LogP contribution in [0.2, 0.25) is 5.02 Å². The van der Waals surface area contributed by atoms with Gasteiger partial charge in [-0.05, 0) is 29.8 Å². The minimum atomic E-state index is -1.07. The molecule has 1 unspecified atom stereocenters. The lowest BCUT2D eigenvalue weighted by Gasteiger charge is -2.13. The molecule has 3 N–H and O–H groups in total. The van der Waals surface area contributed by atoms with Crippen molar-refractivity contribution in [2.45, 2.75) is 6.10 Å². The molecular formula is C17H16ClFN2O4. The molecule has 0 aliphatic carbocycles. The van der Waals surface area contributed by atoms with E-state index in [4.69, 9.17) is 16.3 Å². The van der Waals surface area contributed by atoms with Gasteiger partial charge in [-0.2, -0.15) is 0 Å². The van der Waals surface area contributed by atoms with Crippen molar-refractivity contribution < 1.29 is 23.8 Å². The summed E-state index contributed by atoms with van der Waals surface area (Å²) in [6.45, 7) is -0.204. The van der Waals surface area contributed by atoms with Crippen LogP contribution in [0.3, 0.4) is 0 Å². The molecule has 0 aliphatic heterocycles. The molecule has 2 rings (SSSR count). The Hall–Kier alpha value is -2.64. The smallest absolute Gasteiger partial charge is 0.313 e. The molecule has 8 heteroatoms. The minimum absolute atomic E-state index is 0.204. The summed E-state index contributed by atoms with van der Waals surface area (Å²) in [5.41, 5.74) is 0.660. The topological polar surface area (TPSA) is 87.7 Å². The SMILES string of the molecule is COc1c(Cl)cccc1NC(=O)C(=O)NCC(O)c1ccc(F)cc1. The summed E-state index contributed by atoms with van der Waals surface area (Å²) in [5, 5.41) is 14.9. The predicted molar refractivity (Wildman–Crippen MR) is 91.0 cm³/mol. The molecule has 2 amide bonds. The fourth-order valence-electron chi connectivity index (χ4n) is 2.07. The molecule has 0 bridgehead atoms.